The van der Waals surface area contributed by atoms with Gasteiger partial charge in [-0.2, -0.15) is 0 Å². The molecular formula is C17H16BrCl. The van der Waals surface area contributed by atoms with E-state index in [0.717, 1.165) is 17.0 Å². The van der Waals surface area contributed by atoms with Crippen molar-refractivity contribution in [3.63, 3.8) is 0 Å². The number of benzene rings is 2. The predicted molar refractivity (Wildman–Crippen MR) is 85.5 cm³/mol. The van der Waals surface area contributed by atoms with Gasteiger partial charge in [0.2, 0.25) is 0 Å². The lowest BCUT2D eigenvalue weighted by Gasteiger charge is -2.34. The fourth-order valence-corrected chi connectivity index (χ4v) is 4.06. The van der Waals surface area contributed by atoms with Crippen LogP contribution in [0, 0.1) is 13.8 Å². The molecule has 0 amide bonds. The summed E-state index contributed by atoms with van der Waals surface area (Å²) < 4.78 is 0. The first-order valence-corrected chi connectivity index (χ1v) is 7.86. The van der Waals surface area contributed by atoms with Gasteiger partial charge < -0.3 is 0 Å². The third-order valence-corrected chi connectivity index (χ3v) is 5.63. The van der Waals surface area contributed by atoms with Gasteiger partial charge in [-0.1, -0.05) is 57.9 Å². The molecule has 2 aromatic carbocycles. The molecule has 2 aromatic rings. The molecule has 0 nitrogen and oxygen atoms in total. The zero-order valence-electron chi connectivity index (χ0n) is 11.1. The Morgan fingerprint density at radius 3 is 2.63 bits per heavy atom. The average molecular weight is 336 g/mol. The van der Waals surface area contributed by atoms with Crippen LogP contribution in [0.25, 0.3) is 0 Å². The lowest BCUT2D eigenvalue weighted by Crippen LogP contribution is -2.21. The lowest BCUT2D eigenvalue weighted by molar-refractivity contribution is 0.598. The summed E-state index contributed by atoms with van der Waals surface area (Å²) in [6.45, 7) is 4.21. The smallest absolute Gasteiger partial charge is 0.0469 e. The molecule has 0 aliphatic heterocycles. The Bertz CT molecular complexity index is 633. The highest BCUT2D eigenvalue weighted by Crippen LogP contribution is 2.48. The maximum absolute atomic E-state index is 6.18. The molecule has 0 heterocycles. The number of hydrogen-bond donors (Lipinski definition) is 0. The van der Waals surface area contributed by atoms with Crippen LogP contribution in [0.5, 0.6) is 0 Å². The van der Waals surface area contributed by atoms with Crippen LogP contribution in [0.3, 0.4) is 0 Å². The fourth-order valence-electron chi connectivity index (χ4n) is 2.88. The van der Waals surface area contributed by atoms with Crippen molar-refractivity contribution in [2.75, 3.05) is 0 Å². The van der Waals surface area contributed by atoms with Gasteiger partial charge >= 0.3 is 0 Å². The Morgan fingerprint density at radius 2 is 1.89 bits per heavy atom. The highest BCUT2D eigenvalue weighted by molar-refractivity contribution is 9.09. The quantitative estimate of drug-likeness (QED) is 0.615. The molecule has 0 saturated heterocycles. The maximum atomic E-state index is 6.18. The van der Waals surface area contributed by atoms with E-state index in [0.29, 0.717) is 10.7 Å². The molecule has 0 fully saturated rings. The molecule has 1 aliphatic rings. The van der Waals surface area contributed by atoms with Crippen LogP contribution in [-0.2, 0) is 6.42 Å². The van der Waals surface area contributed by atoms with Crippen molar-refractivity contribution < 1.29 is 0 Å². The third kappa shape index (κ3) is 2.23. The van der Waals surface area contributed by atoms with Crippen LogP contribution in [0.15, 0.2) is 36.4 Å². The van der Waals surface area contributed by atoms with Gasteiger partial charge in [0, 0.05) is 15.8 Å². The summed E-state index contributed by atoms with van der Waals surface area (Å²) in [6, 6.07) is 13.0. The second-order valence-corrected chi connectivity index (χ2v) is 6.76. The fraction of sp³-hybridized carbons (Fsp3) is 0.294. The van der Waals surface area contributed by atoms with Crippen molar-refractivity contribution in [1.29, 1.82) is 0 Å². The Hall–Kier alpha value is -0.790. The summed E-state index contributed by atoms with van der Waals surface area (Å²) in [5.41, 5.74) is 6.75. The van der Waals surface area contributed by atoms with Gasteiger partial charge in [0.15, 0.2) is 0 Å². The SMILES string of the molecule is Cc1cc(C(Br)C2Cc3ccccc32)c(C)cc1Cl. The molecule has 0 saturated carbocycles. The van der Waals surface area contributed by atoms with Gasteiger partial charge in [0.1, 0.15) is 0 Å². The number of alkyl halides is 1. The zero-order valence-corrected chi connectivity index (χ0v) is 13.4. The summed E-state index contributed by atoms with van der Waals surface area (Å²) in [6.07, 6.45) is 1.16. The first-order valence-electron chi connectivity index (χ1n) is 6.56. The van der Waals surface area contributed by atoms with E-state index in [9.17, 15) is 0 Å². The highest BCUT2D eigenvalue weighted by atomic mass is 79.9. The van der Waals surface area contributed by atoms with E-state index in [4.69, 9.17) is 11.6 Å². The minimum Gasteiger partial charge on any atom is -0.0840 e. The second-order valence-electron chi connectivity index (χ2n) is 5.37. The molecule has 0 radical (unpaired) electrons. The average Bonchev–Trinajstić information content (AvgIpc) is 2.35. The van der Waals surface area contributed by atoms with Crippen molar-refractivity contribution in [2.24, 2.45) is 0 Å². The highest BCUT2D eigenvalue weighted by Gasteiger charge is 2.32. The van der Waals surface area contributed by atoms with Gasteiger partial charge in [-0.3, -0.25) is 0 Å². The molecule has 0 spiro atoms. The normalized spacial score (nSPS) is 18.6. The Morgan fingerprint density at radius 1 is 1.16 bits per heavy atom. The van der Waals surface area contributed by atoms with Crippen molar-refractivity contribution in [2.45, 2.75) is 31.0 Å². The van der Waals surface area contributed by atoms with Crippen molar-refractivity contribution in [1.82, 2.24) is 0 Å². The molecule has 1 aliphatic carbocycles. The summed E-state index contributed by atoms with van der Waals surface area (Å²) in [5.74, 6) is 0.579. The van der Waals surface area contributed by atoms with Crippen LogP contribution < -0.4 is 0 Å². The van der Waals surface area contributed by atoms with Gasteiger partial charge in [-0.25, -0.2) is 0 Å². The van der Waals surface area contributed by atoms with Crippen molar-refractivity contribution >= 4 is 27.5 Å². The van der Waals surface area contributed by atoms with E-state index in [2.05, 4.69) is 66.2 Å². The van der Waals surface area contributed by atoms with E-state index in [1.807, 2.05) is 0 Å². The van der Waals surface area contributed by atoms with Gasteiger partial charge in [-0.05, 0) is 54.2 Å². The van der Waals surface area contributed by atoms with Crippen LogP contribution in [-0.4, -0.2) is 0 Å². The summed E-state index contributed by atoms with van der Waals surface area (Å²) in [7, 11) is 0. The monoisotopic (exact) mass is 334 g/mol. The first-order chi connectivity index (χ1) is 9.08. The molecule has 2 heteroatoms. The number of aryl methyl sites for hydroxylation is 2. The lowest BCUT2D eigenvalue weighted by atomic mass is 9.74. The number of fused-ring (bicyclic) bond motifs is 1. The van der Waals surface area contributed by atoms with E-state index >= 15 is 0 Å². The van der Waals surface area contributed by atoms with E-state index < -0.39 is 0 Å². The van der Waals surface area contributed by atoms with Crippen LogP contribution in [0.2, 0.25) is 5.02 Å². The van der Waals surface area contributed by atoms with Crippen LogP contribution in [0.1, 0.15) is 38.6 Å². The molecule has 19 heavy (non-hydrogen) atoms. The van der Waals surface area contributed by atoms with E-state index in [-0.39, 0.29) is 0 Å². The maximum Gasteiger partial charge on any atom is 0.0469 e. The largest absolute Gasteiger partial charge is 0.0840 e. The Kier molecular flexibility index (Phi) is 3.44. The predicted octanol–water partition coefficient (Wildman–Crippen LogP) is 5.73. The molecule has 98 valence electrons. The molecule has 0 N–H and O–H groups in total. The molecule has 0 aromatic heterocycles. The number of rotatable bonds is 2. The minimum absolute atomic E-state index is 0.373. The molecule has 3 rings (SSSR count). The number of hydrogen-bond acceptors (Lipinski definition) is 0. The van der Waals surface area contributed by atoms with Crippen LogP contribution in [0.4, 0.5) is 0 Å². The van der Waals surface area contributed by atoms with Gasteiger partial charge in [0.05, 0.1) is 0 Å². The minimum atomic E-state index is 0.373. The van der Waals surface area contributed by atoms with Crippen molar-refractivity contribution in [3.05, 3.63) is 69.2 Å². The Balaban J connectivity index is 1.94. The van der Waals surface area contributed by atoms with Crippen molar-refractivity contribution in [3.8, 4) is 0 Å². The second kappa shape index (κ2) is 4.96. The summed E-state index contributed by atoms with van der Waals surface area (Å²) in [5, 5.41) is 0.856. The molecule has 2 atom stereocenters. The standard InChI is InChI=1S/C17H16BrCl/c1-10-8-16(19)11(2)7-14(10)17(18)15-9-12-5-3-4-6-13(12)15/h3-8,15,17H,9H2,1-2H3. The summed E-state index contributed by atoms with van der Waals surface area (Å²) in [4.78, 5) is 0.373. The Labute approximate surface area is 127 Å². The summed E-state index contributed by atoms with van der Waals surface area (Å²) >= 11 is 10.1. The van der Waals surface area contributed by atoms with Gasteiger partial charge in [-0.15, -0.1) is 0 Å². The molecule has 2 unspecified atom stereocenters. The third-order valence-electron chi connectivity index (χ3n) is 4.09. The first kappa shape index (κ1) is 13.2. The van der Waals surface area contributed by atoms with Crippen LogP contribution >= 0.6 is 27.5 Å². The topological polar surface area (TPSA) is 0 Å². The molecule has 0 bridgehead atoms. The van der Waals surface area contributed by atoms with Gasteiger partial charge in [0.25, 0.3) is 0 Å². The molecular weight excluding hydrogens is 320 g/mol. The van der Waals surface area contributed by atoms with E-state index in [1.54, 1.807) is 0 Å². The van der Waals surface area contributed by atoms with E-state index in [1.165, 1.54) is 22.3 Å². The zero-order chi connectivity index (χ0) is 13.6. The number of halogens is 2.